The van der Waals surface area contributed by atoms with Crippen molar-refractivity contribution in [3.8, 4) is 11.5 Å². The molecule has 1 unspecified atom stereocenters. The van der Waals surface area contributed by atoms with Gasteiger partial charge in [0.1, 0.15) is 5.52 Å². The number of anilines is 1. The van der Waals surface area contributed by atoms with Crippen LogP contribution >= 0.6 is 11.6 Å². The summed E-state index contributed by atoms with van der Waals surface area (Å²) in [6.45, 7) is 0.894. The fraction of sp³-hybridized carbons (Fsp3) is 0.222. The first-order valence-electron chi connectivity index (χ1n) is 7.90. The fourth-order valence-electron chi connectivity index (χ4n) is 2.86. The Morgan fingerprint density at radius 1 is 1.25 bits per heavy atom. The zero-order chi connectivity index (χ0) is 16.5. The lowest BCUT2D eigenvalue weighted by molar-refractivity contribution is -0.117. The average Bonchev–Trinajstić information content (AvgIpc) is 3.24. The molecule has 3 aromatic rings. The number of oxazole rings is 1. The van der Waals surface area contributed by atoms with Gasteiger partial charge in [0.05, 0.1) is 6.04 Å². The number of benzene rings is 2. The first-order chi connectivity index (χ1) is 11.7. The summed E-state index contributed by atoms with van der Waals surface area (Å²) in [6, 6.07) is 12.7. The van der Waals surface area contributed by atoms with Gasteiger partial charge in [-0.25, -0.2) is 4.98 Å². The van der Waals surface area contributed by atoms with Crippen molar-refractivity contribution in [1.82, 2.24) is 10.3 Å². The molecule has 2 heterocycles. The van der Waals surface area contributed by atoms with Gasteiger partial charge in [0.25, 0.3) is 0 Å². The zero-order valence-corrected chi connectivity index (χ0v) is 13.6. The van der Waals surface area contributed by atoms with Crippen molar-refractivity contribution in [1.29, 1.82) is 0 Å². The van der Waals surface area contributed by atoms with E-state index in [2.05, 4.69) is 15.6 Å². The van der Waals surface area contributed by atoms with E-state index in [4.69, 9.17) is 16.0 Å². The smallest absolute Gasteiger partial charge is 0.241 e. The third-order valence-corrected chi connectivity index (χ3v) is 4.38. The summed E-state index contributed by atoms with van der Waals surface area (Å²) < 4.78 is 5.77. The molecule has 2 aromatic carbocycles. The molecule has 0 saturated carbocycles. The van der Waals surface area contributed by atoms with E-state index in [1.807, 2.05) is 30.3 Å². The SMILES string of the molecule is O=C(Nc1ccc2oc(-c3ccc(Cl)cc3)nc2c1)C1CCCN1. The molecule has 0 spiro atoms. The minimum absolute atomic E-state index is 0.00623. The first kappa shape index (κ1) is 15.2. The average molecular weight is 342 g/mol. The number of nitrogens with one attached hydrogen (secondary N) is 2. The maximum absolute atomic E-state index is 12.2. The summed E-state index contributed by atoms with van der Waals surface area (Å²) in [4.78, 5) is 16.7. The second-order valence-electron chi connectivity index (χ2n) is 5.85. The van der Waals surface area contributed by atoms with Crippen LogP contribution in [0.5, 0.6) is 0 Å². The lowest BCUT2D eigenvalue weighted by Gasteiger charge is -2.10. The Kier molecular flexibility index (Phi) is 3.96. The number of fused-ring (bicyclic) bond motifs is 1. The molecule has 5 nitrogen and oxygen atoms in total. The number of aromatic nitrogens is 1. The Hall–Kier alpha value is -2.37. The van der Waals surface area contributed by atoms with Gasteiger partial charge in [0, 0.05) is 16.3 Å². The number of nitrogens with zero attached hydrogens (tertiary/aromatic N) is 1. The van der Waals surface area contributed by atoms with Crippen molar-refractivity contribution in [2.45, 2.75) is 18.9 Å². The largest absolute Gasteiger partial charge is 0.436 e. The summed E-state index contributed by atoms with van der Waals surface area (Å²) >= 11 is 5.90. The number of hydrogen-bond donors (Lipinski definition) is 2. The van der Waals surface area contributed by atoms with Crippen LogP contribution in [-0.2, 0) is 4.79 Å². The van der Waals surface area contributed by atoms with Crippen LogP contribution in [-0.4, -0.2) is 23.5 Å². The van der Waals surface area contributed by atoms with E-state index >= 15 is 0 Å². The van der Waals surface area contributed by atoms with Crippen LogP contribution in [0.2, 0.25) is 5.02 Å². The highest BCUT2D eigenvalue weighted by Crippen LogP contribution is 2.27. The summed E-state index contributed by atoms with van der Waals surface area (Å²) in [5.74, 6) is 0.524. The predicted octanol–water partition coefficient (Wildman–Crippen LogP) is 3.84. The van der Waals surface area contributed by atoms with Crippen LogP contribution in [0.15, 0.2) is 46.9 Å². The van der Waals surface area contributed by atoms with Crippen molar-refractivity contribution < 1.29 is 9.21 Å². The van der Waals surface area contributed by atoms with Crippen molar-refractivity contribution in [3.05, 3.63) is 47.5 Å². The molecule has 1 amide bonds. The van der Waals surface area contributed by atoms with Crippen LogP contribution in [0.25, 0.3) is 22.6 Å². The molecule has 1 aliphatic rings. The predicted molar refractivity (Wildman–Crippen MR) is 94.1 cm³/mol. The van der Waals surface area contributed by atoms with Crippen LogP contribution in [0, 0.1) is 0 Å². The van der Waals surface area contributed by atoms with Gasteiger partial charge in [0.15, 0.2) is 5.58 Å². The molecular weight excluding hydrogens is 326 g/mol. The molecule has 1 fully saturated rings. The highest BCUT2D eigenvalue weighted by molar-refractivity contribution is 6.30. The van der Waals surface area contributed by atoms with Crippen molar-refractivity contribution in [2.75, 3.05) is 11.9 Å². The molecule has 0 radical (unpaired) electrons. The lowest BCUT2D eigenvalue weighted by atomic mass is 10.2. The summed E-state index contributed by atoms with van der Waals surface area (Å²) in [7, 11) is 0. The Balaban J connectivity index is 1.58. The van der Waals surface area contributed by atoms with E-state index in [9.17, 15) is 4.79 Å². The first-order valence-corrected chi connectivity index (χ1v) is 8.28. The monoisotopic (exact) mass is 341 g/mol. The Labute approximate surface area is 144 Å². The minimum Gasteiger partial charge on any atom is -0.436 e. The fourth-order valence-corrected chi connectivity index (χ4v) is 2.98. The normalized spacial score (nSPS) is 17.3. The quantitative estimate of drug-likeness (QED) is 0.759. The van der Waals surface area contributed by atoms with E-state index < -0.39 is 0 Å². The van der Waals surface area contributed by atoms with Gasteiger partial charge in [0.2, 0.25) is 11.8 Å². The van der Waals surface area contributed by atoms with Gasteiger partial charge in [-0.3, -0.25) is 4.79 Å². The standard InChI is InChI=1S/C18H16ClN3O2/c19-12-5-3-11(4-6-12)18-22-15-10-13(7-8-16(15)24-18)21-17(23)14-2-1-9-20-14/h3-8,10,14,20H,1-2,9H2,(H,21,23). The summed E-state index contributed by atoms with van der Waals surface area (Å²) in [5.41, 5.74) is 2.96. The van der Waals surface area contributed by atoms with Crippen LogP contribution in [0.3, 0.4) is 0 Å². The van der Waals surface area contributed by atoms with Gasteiger partial charge in [-0.1, -0.05) is 11.6 Å². The molecule has 1 atom stereocenters. The van der Waals surface area contributed by atoms with E-state index in [-0.39, 0.29) is 11.9 Å². The molecule has 4 rings (SSSR count). The Bertz CT molecular complexity index is 883. The molecular formula is C18H16ClN3O2. The van der Waals surface area contributed by atoms with E-state index in [1.54, 1.807) is 12.1 Å². The Morgan fingerprint density at radius 3 is 2.83 bits per heavy atom. The van der Waals surface area contributed by atoms with Crippen LogP contribution < -0.4 is 10.6 Å². The van der Waals surface area contributed by atoms with E-state index in [0.29, 0.717) is 22.0 Å². The molecule has 1 aliphatic heterocycles. The summed E-state index contributed by atoms with van der Waals surface area (Å²) in [5, 5.41) is 6.79. The van der Waals surface area contributed by atoms with Crippen molar-refractivity contribution in [3.63, 3.8) is 0 Å². The maximum atomic E-state index is 12.2. The molecule has 24 heavy (non-hydrogen) atoms. The van der Waals surface area contributed by atoms with Gasteiger partial charge in [-0.15, -0.1) is 0 Å². The highest BCUT2D eigenvalue weighted by atomic mass is 35.5. The third-order valence-electron chi connectivity index (χ3n) is 4.12. The molecule has 1 saturated heterocycles. The van der Waals surface area contributed by atoms with E-state index in [0.717, 1.165) is 30.6 Å². The third kappa shape index (κ3) is 3.00. The second-order valence-corrected chi connectivity index (χ2v) is 6.28. The number of hydrogen-bond acceptors (Lipinski definition) is 4. The van der Waals surface area contributed by atoms with Crippen LogP contribution in [0.1, 0.15) is 12.8 Å². The number of carbonyl (C=O) groups is 1. The lowest BCUT2D eigenvalue weighted by Crippen LogP contribution is -2.35. The summed E-state index contributed by atoms with van der Waals surface area (Å²) in [6.07, 6.45) is 1.91. The van der Waals surface area contributed by atoms with E-state index in [1.165, 1.54) is 0 Å². The maximum Gasteiger partial charge on any atom is 0.241 e. The van der Waals surface area contributed by atoms with Crippen molar-refractivity contribution in [2.24, 2.45) is 0 Å². The van der Waals surface area contributed by atoms with Gasteiger partial charge >= 0.3 is 0 Å². The van der Waals surface area contributed by atoms with Gasteiger partial charge in [-0.05, 0) is 61.9 Å². The molecule has 0 bridgehead atoms. The number of halogens is 1. The topological polar surface area (TPSA) is 67.2 Å². The Morgan fingerprint density at radius 2 is 2.08 bits per heavy atom. The zero-order valence-electron chi connectivity index (χ0n) is 12.9. The number of carbonyl (C=O) groups excluding carboxylic acids is 1. The van der Waals surface area contributed by atoms with Gasteiger partial charge < -0.3 is 15.1 Å². The molecule has 1 aromatic heterocycles. The minimum atomic E-state index is -0.109. The highest BCUT2D eigenvalue weighted by Gasteiger charge is 2.22. The van der Waals surface area contributed by atoms with Crippen LogP contribution in [0.4, 0.5) is 5.69 Å². The molecule has 122 valence electrons. The second kappa shape index (κ2) is 6.26. The number of rotatable bonds is 3. The van der Waals surface area contributed by atoms with Gasteiger partial charge in [-0.2, -0.15) is 0 Å². The molecule has 2 N–H and O–H groups in total. The van der Waals surface area contributed by atoms with Crippen molar-refractivity contribution >= 4 is 34.3 Å². The molecule has 6 heteroatoms. The number of amides is 1. The molecule has 0 aliphatic carbocycles.